The molecule has 5 nitrogen and oxygen atoms in total. The first kappa shape index (κ1) is 16.3. The van der Waals surface area contributed by atoms with Gasteiger partial charge < -0.3 is 15.6 Å². The molecule has 124 valence electrons. The van der Waals surface area contributed by atoms with E-state index < -0.39 is 0 Å². The standard InChI is InChI=1S/C18H20ClN5/c1-20-18(24-11-13-6-7-17(19)23-10-13)21-9-8-14-12-22-16-5-3-2-4-15(14)16/h2-7,10,12,22H,8-9,11H2,1H3,(H2,20,21,24). The molecule has 3 rings (SSSR count). The lowest BCUT2D eigenvalue weighted by Gasteiger charge is -2.11. The molecule has 6 heteroatoms. The maximum absolute atomic E-state index is 5.79. The number of para-hydroxylation sites is 1. The molecular formula is C18H20ClN5. The summed E-state index contributed by atoms with van der Waals surface area (Å²) in [5, 5.41) is 8.38. The summed E-state index contributed by atoms with van der Waals surface area (Å²) in [7, 11) is 1.77. The molecule has 3 aromatic rings. The van der Waals surface area contributed by atoms with E-state index in [1.165, 1.54) is 16.5 Å². The first-order chi connectivity index (χ1) is 11.8. The molecule has 0 spiro atoms. The third kappa shape index (κ3) is 4.06. The second kappa shape index (κ2) is 7.84. The number of hydrogen-bond donors (Lipinski definition) is 3. The van der Waals surface area contributed by atoms with Crippen LogP contribution in [0.3, 0.4) is 0 Å². The first-order valence-electron chi connectivity index (χ1n) is 7.86. The molecule has 0 aliphatic heterocycles. The summed E-state index contributed by atoms with van der Waals surface area (Å²) in [4.78, 5) is 11.6. The summed E-state index contributed by atoms with van der Waals surface area (Å²) in [6, 6.07) is 12.1. The molecule has 24 heavy (non-hydrogen) atoms. The van der Waals surface area contributed by atoms with Crippen LogP contribution in [0.4, 0.5) is 0 Å². The molecule has 0 saturated carbocycles. The van der Waals surface area contributed by atoms with Crippen molar-refractivity contribution in [3.63, 3.8) is 0 Å². The minimum Gasteiger partial charge on any atom is -0.361 e. The smallest absolute Gasteiger partial charge is 0.191 e. The number of halogens is 1. The summed E-state index contributed by atoms with van der Waals surface area (Å²) in [6.45, 7) is 1.46. The molecule has 0 aliphatic rings. The van der Waals surface area contributed by atoms with Crippen LogP contribution in [0.1, 0.15) is 11.1 Å². The lowest BCUT2D eigenvalue weighted by atomic mass is 10.1. The van der Waals surface area contributed by atoms with E-state index in [1.807, 2.05) is 12.1 Å². The summed E-state index contributed by atoms with van der Waals surface area (Å²) < 4.78 is 0. The highest BCUT2D eigenvalue weighted by Gasteiger charge is 2.03. The molecule has 0 saturated heterocycles. The van der Waals surface area contributed by atoms with Gasteiger partial charge in [-0.3, -0.25) is 4.99 Å². The van der Waals surface area contributed by atoms with Crippen LogP contribution in [0, 0.1) is 0 Å². The van der Waals surface area contributed by atoms with Gasteiger partial charge in [-0.05, 0) is 29.7 Å². The number of rotatable bonds is 5. The lowest BCUT2D eigenvalue weighted by molar-refractivity contribution is 0.795. The van der Waals surface area contributed by atoms with Crippen molar-refractivity contribution in [3.05, 3.63) is 65.1 Å². The quantitative estimate of drug-likeness (QED) is 0.379. The van der Waals surface area contributed by atoms with Gasteiger partial charge in [-0.15, -0.1) is 0 Å². The average Bonchev–Trinajstić information content (AvgIpc) is 3.02. The third-order valence-corrected chi connectivity index (χ3v) is 4.06. The van der Waals surface area contributed by atoms with Gasteiger partial charge in [0.05, 0.1) is 0 Å². The van der Waals surface area contributed by atoms with E-state index in [0.29, 0.717) is 11.7 Å². The molecule has 2 aromatic heterocycles. The molecule has 0 radical (unpaired) electrons. The Morgan fingerprint density at radius 1 is 1.21 bits per heavy atom. The zero-order valence-electron chi connectivity index (χ0n) is 13.5. The molecule has 0 amide bonds. The number of benzene rings is 1. The Kier molecular flexibility index (Phi) is 5.33. The van der Waals surface area contributed by atoms with E-state index in [2.05, 4.69) is 50.0 Å². The van der Waals surface area contributed by atoms with Crippen LogP contribution in [0.5, 0.6) is 0 Å². The van der Waals surface area contributed by atoms with Gasteiger partial charge in [-0.1, -0.05) is 35.9 Å². The molecule has 1 aromatic carbocycles. The summed E-state index contributed by atoms with van der Waals surface area (Å²) >= 11 is 5.79. The molecule has 0 unspecified atom stereocenters. The van der Waals surface area contributed by atoms with Crippen molar-refractivity contribution in [2.45, 2.75) is 13.0 Å². The fraction of sp³-hybridized carbons (Fsp3) is 0.222. The zero-order chi connectivity index (χ0) is 16.8. The minimum absolute atomic E-state index is 0.500. The lowest BCUT2D eigenvalue weighted by Crippen LogP contribution is -2.37. The van der Waals surface area contributed by atoms with E-state index >= 15 is 0 Å². The molecule has 0 atom stereocenters. The Morgan fingerprint density at radius 2 is 2.08 bits per heavy atom. The van der Waals surface area contributed by atoms with E-state index in [0.717, 1.165) is 24.5 Å². The van der Waals surface area contributed by atoms with Crippen LogP contribution in [-0.2, 0) is 13.0 Å². The average molecular weight is 342 g/mol. The highest BCUT2D eigenvalue weighted by atomic mass is 35.5. The largest absolute Gasteiger partial charge is 0.361 e. The fourth-order valence-corrected chi connectivity index (χ4v) is 2.68. The molecule has 0 aliphatic carbocycles. The van der Waals surface area contributed by atoms with Crippen molar-refractivity contribution in [3.8, 4) is 0 Å². The SMILES string of the molecule is CN=C(NCCc1c[nH]c2ccccc12)NCc1ccc(Cl)nc1. The normalized spacial score (nSPS) is 11.7. The van der Waals surface area contributed by atoms with Crippen LogP contribution >= 0.6 is 11.6 Å². The van der Waals surface area contributed by atoms with Crippen LogP contribution in [0.15, 0.2) is 53.8 Å². The Bertz CT molecular complexity index is 823. The predicted octanol–water partition coefficient (Wildman–Crippen LogP) is 3.12. The third-order valence-electron chi connectivity index (χ3n) is 3.83. The first-order valence-corrected chi connectivity index (χ1v) is 8.24. The van der Waals surface area contributed by atoms with Crippen LogP contribution in [0.2, 0.25) is 5.15 Å². The molecule has 3 N–H and O–H groups in total. The number of hydrogen-bond acceptors (Lipinski definition) is 2. The highest BCUT2D eigenvalue weighted by molar-refractivity contribution is 6.29. The van der Waals surface area contributed by atoms with Crippen LogP contribution < -0.4 is 10.6 Å². The number of aromatic amines is 1. The van der Waals surface area contributed by atoms with Crippen molar-refractivity contribution >= 4 is 28.5 Å². The van der Waals surface area contributed by atoms with Crippen molar-refractivity contribution in [1.29, 1.82) is 0 Å². The van der Waals surface area contributed by atoms with Gasteiger partial charge in [0.15, 0.2) is 5.96 Å². The number of aliphatic imine (C=N–C) groups is 1. The summed E-state index contributed by atoms with van der Waals surface area (Å²) in [5.74, 6) is 0.768. The number of nitrogens with one attached hydrogen (secondary N) is 3. The van der Waals surface area contributed by atoms with Gasteiger partial charge in [-0.25, -0.2) is 4.98 Å². The van der Waals surface area contributed by atoms with Crippen molar-refractivity contribution in [2.75, 3.05) is 13.6 Å². The fourth-order valence-electron chi connectivity index (χ4n) is 2.57. The van der Waals surface area contributed by atoms with Gasteiger partial charge in [-0.2, -0.15) is 0 Å². The van der Waals surface area contributed by atoms with Crippen molar-refractivity contribution in [2.24, 2.45) is 4.99 Å². The second-order valence-electron chi connectivity index (χ2n) is 5.45. The van der Waals surface area contributed by atoms with Gasteiger partial charge in [0.2, 0.25) is 0 Å². The van der Waals surface area contributed by atoms with Gasteiger partial charge in [0, 0.05) is 43.4 Å². The van der Waals surface area contributed by atoms with E-state index in [4.69, 9.17) is 11.6 Å². The number of H-pyrrole nitrogens is 1. The number of nitrogens with zero attached hydrogens (tertiary/aromatic N) is 2. The van der Waals surface area contributed by atoms with E-state index in [1.54, 1.807) is 19.3 Å². The van der Waals surface area contributed by atoms with E-state index in [9.17, 15) is 0 Å². The maximum Gasteiger partial charge on any atom is 0.191 e. The number of fused-ring (bicyclic) bond motifs is 1. The monoisotopic (exact) mass is 341 g/mol. The summed E-state index contributed by atoms with van der Waals surface area (Å²) in [6.07, 6.45) is 4.75. The number of aromatic nitrogens is 2. The molecule has 0 bridgehead atoms. The maximum atomic E-state index is 5.79. The Morgan fingerprint density at radius 3 is 2.88 bits per heavy atom. The van der Waals surface area contributed by atoms with Gasteiger partial charge in [0.1, 0.15) is 5.15 Å². The molecular weight excluding hydrogens is 322 g/mol. The Labute approximate surface area is 146 Å². The van der Waals surface area contributed by atoms with Crippen LogP contribution in [0.25, 0.3) is 10.9 Å². The molecule has 2 heterocycles. The van der Waals surface area contributed by atoms with Crippen LogP contribution in [-0.4, -0.2) is 29.5 Å². The van der Waals surface area contributed by atoms with Gasteiger partial charge >= 0.3 is 0 Å². The topological polar surface area (TPSA) is 65.1 Å². The highest BCUT2D eigenvalue weighted by Crippen LogP contribution is 2.17. The summed E-state index contributed by atoms with van der Waals surface area (Å²) in [5.41, 5.74) is 3.53. The number of guanidine groups is 1. The van der Waals surface area contributed by atoms with Crippen molar-refractivity contribution < 1.29 is 0 Å². The van der Waals surface area contributed by atoms with Crippen molar-refractivity contribution in [1.82, 2.24) is 20.6 Å². The Balaban J connectivity index is 1.50. The minimum atomic E-state index is 0.500. The predicted molar refractivity (Wildman–Crippen MR) is 99.5 cm³/mol. The Hall–Kier alpha value is -2.53. The second-order valence-corrected chi connectivity index (χ2v) is 5.84. The van der Waals surface area contributed by atoms with E-state index in [-0.39, 0.29) is 0 Å². The van der Waals surface area contributed by atoms with Gasteiger partial charge in [0.25, 0.3) is 0 Å². The number of pyridine rings is 1. The zero-order valence-corrected chi connectivity index (χ0v) is 14.3. The molecule has 0 fully saturated rings.